The van der Waals surface area contributed by atoms with Gasteiger partial charge >= 0.3 is 0 Å². The van der Waals surface area contributed by atoms with Crippen LogP contribution in [0.5, 0.6) is 17.2 Å². The van der Waals surface area contributed by atoms with Crippen LogP contribution in [-0.4, -0.2) is 109 Å². The lowest BCUT2D eigenvalue weighted by Crippen LogP contribution is -2.59. The summed E-state index contributed by atoms with van der Waals surface area (Å²) in [5.74, 6) is -0.215. The summed E-state index contributed by atoms with van der Waals surface area (Å²) >= 11 is 6.68. The maximum atomic E-state index is 15.6. The van der Waals surface area contributed by atoms with Crippen molar-refractivity contribution in [1.82, 2.24) is 14.7 Å². The number of rotatable bonds is 10. The van der Waals surface area contributed by atoms with Crippen molar-refractivity contribution in [2.45, 2.75) is 35.9 Å². The average molecular weight is 713 g/mol. The van der Waals surface area contributed by atoms with Gasteiger partial charge in [-0.3, -0.25) is 19.4 Å². The van der Waals surface area contributed by atoms with E-state index >= 15 is 4.79 Å². The highest BCUT2D eigenvalue weighted by Crippen LogP contribution is 2.55. The predicted octanol–water partition coefficient (Wildman–Crippen LogP) is 3.73. The van der Waals surface area contributed by atoms with Gasteiger partial charge in [-0.25, -0.2) is 12.7 Å². The number of fused-ring (bicyclic) bond motifs is 1. The predicted molar refractivity (Wildman–Crippen MR) is 184 cm³/mol. The lowest BCUT2D eigenvalue weighted by Gasteiger charge is -2.42. The van der Waals surface area contributed by atoms with Crippen LogP contribution in [0.3, 0.4) is 0 Å². The Hall–Kier alpha value is -3.88. The van der Waals surface area contributed by atoms with Gasteiger partial charge < -0.3 is 23.8 Å². The first-order chi connectivity index (χ1) is 23.5. The van der Waals surface area contributed by atoms with E-state index < -0.39 is 27.5 Å². The van der Waals surface area contributed by atoms with Gasteiger partial charge in [0.1, 0.15) is 22.1 Å². The van der Waals surface area contributed by atoms with E-state index in [1.807, 2.05) is 17.0 Å². The Kier molecular flexibility index (Phi) is 9.84. The zero-order chi connectivity index (χ0) is 35.1. The smallest absolute Gasteiger partial charge is 0.274 e. The van der Waals surface area contributed by atoms with E-state index in [2.05, 4.69) is 4.90 Å². The van der Waals surface area contributed by atoms with E-state index in [1.54, 1.807) is 32.3 Å². The molecule has 3 aromatic rings. The molecule has 3 heterocycles. The van der Waals surface area contributed by atoms with Crippen molar-refractivity contribution in [2.75, 3.05) is 72.6 Å². The molecule has 6 rings (SSSR count). The Balaban J connectivity index is 1.64. The molecule has 0 spiro atoms. The molecule has 14 heteroatoms. The number of carbonyl (C=O) groups excluding carboxylic acids is 2. The van der Waals surface area contributed by atoms with Crippen LogP contribution in [0.15, 0.2) is 59.5 Å². The molecule has 49 heavy (non-hydrogen) atoms. The van der Waals surface area contributed by atoms with Gasteiger partial charge in [0, 0.05) is 62.5 Å². The number of hydrogen-bond donors (Lipinski definition) is 0. The second kappa shape index (κ2) is 13.8. The van der Waals surface area contributed by atoms with Gasteiger partial charge in [-0.15, -0.1) is 0 Å². The molecule has 2 atom stereocenters. The van der Waals surface area contributed by atoms with Crippen LogP contribution in [0.25, 0.3) is 0 Å². The van der Waals surface area contributed by atoms with Crippen LogP contribution >= 0.6 is 11.6 Å². The summed E-state index contributed by atoms with van der Waals surface area (Å²) in [6.45, 7) is 3.61. The summed E-state index contributed by atoms with van der Waals surface area (Å²) in [4.78, 5) is 34.8. The topological polar surface area (TPSA) is 118 Å². The number of halogens is 1. The molecule has 0 saturated carbocycles. The largest absolute Gasteiger partial charge is 0.497 e. The van der Waals surface area contributed by atoms with Gasteiger partial charge in [0.25, 0.3) is 15.9 Å². The fourth-order valence-corrected chi connectivity index (χ4v) is 9.01. The van der Waals surface area contributed by atoms with Crippen LogP contribution in [-0.2, 0) is 36.4 Å². The molecule has 0 aromatic heterocycles. The van der Waals surface area contributed by atoms with E-state index in [0.29, 0.717) is 66.8 Å². The van der Waals surface area contributed by atoms with Crippen molar-refractivity contribution in [3.8, 4) is 17.2 Å². The molecule has 3 aliphatic heterocycles. The first kappa shape index (κ1) is 35.0. The van der Waals surface area contributed by atoms with Gasteiger partial charge in [0.05, 0.1) is 46.3 Å². The Labute approximate surface area is 292 Å². The molecule has 2 amide bonds. The molecule has 262 valence electrons. The molecule has 12 nitrogen and oxygen atoms in total. The van der Waals surface area contributed by atoms with Crippen LogP contribution in [0.2, 0.25) is 5.02 Å². The van der Waals surface area contributed by atoms with Crippen LogP contribution in [0, 0.1) is 0 Å². The maximum absolute atomic E-state index is 15.6. The highest BCUT2D eigenvalue weighted by atomic mass is 35.5. The molecule has 0 aliphatic carbocycles. The number of benzene rings is 3. The van der Waals surface area contributed by atoms with Crippen LogP contribution in [0.4, 0.5) is 5.69 Å². The molecule has 0 bridgehead atoms. The average Bonchev–Trinajstić information content (AvgIpc) is 3.68. The van der Waals surface area contributed by atoms with Gasteiger partial charge in [0.2, 0.25) is 5.91 Å². The molecular formula is C35H41ClN4O8S. The molecule has 0 N–H and O–H groups in total. The summed E-state index contributed by atoms with van der Waals surface area (Å²) in [7, 11) is 3.04. The number of carbonyl (C=O) groups is 2. The van der Waals surface area contributed by atoms with E-state index in [0.717, 1.165) is 23.0 Å². The summed E-state index contributed by atoms with van der Waals surface area (Å²) in [6, 6.07) is 13.9. The molecular weight excluding hydrogens is 672 g/mol. The first-order valence-corrected chi connectivity index (χ1v) is 17.9. The number of methoxy groups -OCH3 is 3. The van der Waals surface area contributed by atoms with Crippen molar-refractivity contribution in [3.63, 3.8) is 0 Å². The van der Waals surface area contributed by atoms with Gasteiger partial charge in [-0.1, -0.05) is 17.7 Å². The number of hydrogen-bond acceptors (Lipinski definition) is 10. The fraction of sp³-hybridized carbons (Fsp3) is 0.429. The van der Waals surface area contributed by atoms with E-state index in [1.165, 1.54) is 50.5 Å². The number of anilines is 1. The minimum Gasteiger partial charge on any atom is -0.497 e. The second-order valence-electron chi connectivity index (χ2n) is 12.5. The lowest BCUT2D eigenvalue weighted by atomic mass is 9.80. The van der Waals surface area contributed by atoms with Crippen molar-refractivity contribution < 1.29 is 37.0 Å². The minimum absolute atomic E-state index is 0.00656. The molecule has 3 aliphatic rings. The van der Waals surface area contributed by atoms with Crippen LogP contribution < -0.4 is 18.5 Å². The number of sulfonamides is 1. The highest BCUT2D eigenvalue weighted by Gasteiger charge is 2.63. The van der Waals surface area contributed by atoms with Crippen molar-refractivity contribution in [2.24, 2.45) is 0 Å². The number of nitrogens with zero attached hydrogens (tertiary/aromatic N) is 4. The van der Waals surface area contributed by atoms with Crippen molar-refractivity contribution in [3.05, 3.63) is 76.3 Å². The molecule has 3 aromatic carbocycles. The Morgan fingerprint density at radius 1 is 0.939 bits per heavy atom. The van der Waals surface area contributed by atoms with Crippen LogP contribution in [0.1, 0.15) is 29.5 Å². The number of likely N-dealkylation sites (tertiary alicyclic amines) is 1. The lowest BCUT2D eigenvalue weighted by molar-refractivity contribution is -0.138. The maximum Gasteiger partial charge on any atom is 0.274 e. The van der Waals surface area contributed by atoms with E-state index in [4.69, 9.17) is 30.5 Å². The quantitative estimate of drug-likeness (QED) is 0.308. The third kappa shape index (κ3) is 5.91. The van der Waals surface area contributed by atoms with Crippen molar-refractivity contribution >= 4 is 39.1 Å². The fourth-order valence-electron chi connectivity index (χ4n) is 7.24. The second-order valence-corrected chi connectivity index (χ2v) is 14.7. The number of morpholine rings is 1. The Morgan fingerprint density at radius 3 is 2.35 bits per heavy atom. The van der Waals surface area contributed by atoms with Crippen molar-refractivity contribution in [1.29, 1.82) is 0 Å². The standard InChI is InChI=1S/C35H41ClN4O8S/c1-37(2)33(41)29-7-6-14-39(29)35(27-19-23(8-12-30(27)46-4)22-38-15-17-48-18-16-38)26-20-24(36)9-11-28(26)40(34(35)42)49(43,44)32-13-10-25(45-3)21-31(32)47-5/h8-13,19-21,29H,6-7,14-18,22H2,1-5H3/t29-,35?/m0/s1. The van der Waals surface area contributed by atoms with E-state index in [9.17, 15) is 13.2 Å². The summed E-state index contributed by atoms with van der Waals surface area (Å²) in [6.07, 6.45) is 1.07. The normalized spacial score (nSPS) is 21.5. The van der Waals surface area contributed by atoms with E-state index in [-0.39, 0.29) is 22.2 Å². The number of ether oxygens (including phenoxy) is 4. The Bertz CT molecular complexity index is 1870. The molecule has 2 fully saturated rings. The summed E-state index contributed by atoms with van der Waals surface area (Å²) in [5.41, 5.74) is -0.0442. The minimum atomic E-state index is -4.62. The molecule has 0 radical (unpaired) electrons. The summed E-state index contributed by atoms with van der Waals surface area (Å²) < 4.78 is 52.8. The molecule has 1 unspecified atom stereocenters. The number of amides is 2. The monoisotopic (exact) mass is 712 g/mol. The van der Waals surface area contributed by atoms with Gasteiger partial charge in [-0.2, -0.15) is 0 Å². The first-order valence-electron chi connectivity index (χ1n) is 16.1. The van der Waals surface area contributed by atoms with Gasteiger partial charge in [0.15, 0.2) is 5.54 Å². The third-order valence-corrected chi connectivity index (χ3v) is 11.5. The Morgan fingerprint density at radius 2 is 1.67 bits per heavy atom. The third-order valence-electron chi connectivity index (χ3n) is 9.52. The zero-order valence-corrected chi connectivity index (χ0v) is 29.8. The number of likely N-dealkylation sites (N-methyl/N-ethyl adjacent to an activating group) is 1. The zero-order valence-electron chi connectivity index (χ0n) is 28.3. The SMILES string of the molecule is COc1ccc(S(=O)(=O)N2C(=O)C(c3cc(CN4CCOCC4)ccc3OC)(N3CCC[C@H]3C(=O)N(C)C)c3cc(Cl)ccc32)c(OC)c1. The van der Waals surface area contributed by atoms with Gasteiger partial charge in [-0.05, 0) is 60.9 Å². The molecule has 2 saturated heterocycles. The highest BCUT2D eigenvalue weighted by molar-refractivity contribution is 7.93. The summed E-state index contributed by atoms with van der Waals surface area (Å²) in [5, 5.41) is 0.301.